The lowest BCUT2D eigenvalue weighted by atomic mass is 10.0. The van der Waals surface area contributed by atoms with Crippen molar-refractivity contribution in [2.75, 3.05) is 5.73 Å². The van der Waals surface area contributed by atoms with E-state index in [9.17, 15) is 9.59 Å². The number of carbonyl (C=O) groups excluding carboxylic acids is 2. The molecule has 1 aromatic rings. The highest BCUT2D eigenvalue weighted by atomic mass is 16.2. The number of fused-ring (bicyclic) bond motifs is 1. The van der Waals surface area contributed by atoms with Crippen molar-refractivity contribution < 1.29 is 16.4 Å². The van der Waals surface area contributed by atoms with Gasteiger partial charge in [0.2, 0.25) is 5.91 Å². The number of rotatable bonds is 1. The van der Waals surface area contributed by atoms with E-state index < -0.39 is 37.1 Å². The molecule has 98 valence electrons. The lowest BCUT2D eigenvalue weighted by molar-refractivity contribution is -0.126. The minimum atomic E-state index is -2.81. The molecule has 1 fully saturated rings. The number of benzene rings is 1. The van der Waals surface area contributed by atoms with Gasteiger partial charge in [-0.05, 0) is 24.9 Å². The standard InChI is InChI=1S/C14H15N3O2/c1-8-5-6-12(13(18)16-8)17-7-10-9(14(17)19)3-2-4-11(10)15/h2-4,12H,1,5-7,15H2,(H,16,18)/t12-/m1/s1/i6D2,7D2,12D. The van der Waals surface area contributed by atoms with E-state index in [1.165, 1.54) is 18.2 Å². The molecule has 5 nitrogen and oxygen atoms in total. The van der Waals surface area contributed by atoms with Gasteiger partial charge in [-0.25, -0.2) is 0 Å². The summed E-state index contributed by atoms with van der Waals surface area (Å²) in [5, 5.41) is 2.25. The van der Waals surface area contributed by atoms with Crippen LogP contribution in [0.5, 0.6) is 0 Å². The zero-order valence-electron chi connectivity index (χ0n) is 15.0. The maximum Gasteiger partial charge on any atom is 0.255 e. The summed E-state index contributed by atoms with van der Waals surface area (Å²) in [6.45, 7) is 0.881. The molecule has 0 spiro atoms. The zero-order chi connectivity index (χ0) is 18.1. The molecule has 1 saturated heterocycles. The van der Waals surface area contributed by atoms with Crippen molar-refractivity contribution in [3.8, 4) is 0 Å². The van der Waals surface area contributed by atoms with Crippen LogP contribution in [0.3, 0.4) is 0 Å². The SMILES string of the molecule is [2H]C1([2H])c2c(N)cccc2C(=O)N1[C@@]1([2H])C(=O)NC(=C)CC1([2H])[2H]. The lowest BCUT2D eigenvalue weighted by Gasteiger charge is -2.30. The number of nitrogens with two attached hydrogens (primary N) is 1. The normalized spacial score (nSPS) is 35.5. The van der Waals surface area contributed by atoms with Crippen molar-refractivity contribution in [1.29, 1.82) is 0 Å². The summed E-state index contributed by atoms with van der Waals surface area (Å²) in [5.41, 5.74) is 5.60. The van der Waals surface area contributed by atoms with Gasteiger partial charge in [-0.1, -0.05) is 12.6 Å². The smallest absolute Gasteiger partial charge is 0.255 e. The molecule has 0 aliphatic carbocycles. The first kappa shape index (κ1) is 7.33. The maximum atomic E-state index is 12.7. The third-order valence-corrected chi connectivity index (χ3v) is 2.95. The number of carbonyl (C=O) groups is 2. The van der Waals surface area contributed by atoms with Gasteiger partial charge in [-0.2, -0.15) is 0 Å². The molecule has 0 radical (unpaired) electrons. The average molecular weight is 262 g/mol. The van der Waals surface area contributed by atoms with Crippen molar-refractivity contribution >= 4 is 17.5 Å². The second kappa shape index (κ2) is 4.12. The largest absolute Gasteiger partial charge is 0.398 e. The topological polar surface area (TPSA) is 75.4 Å². The Balaban J connectivity index is 2.23. The summed E-state index contributed by atoms with van der Waals surface area (Å²) in [6.07, 6.45) is -2.94. The van der Waals surface area contributed by atoms with E-state index in [4.69, 9.17) is 12.6 Å². The van der Waals surface area contributed by atoms with Gasteiger partial charge in [0.1, 0.15) is 6.02 Å². The third-order valence-electron chi connectivity index (χ3n) is 2.95. The van der Waals surface area contributed by atoms with E-state index in [0.717, 1.165) is 0 Å². The number of nitrogen functional groups attached to an aromatic ring is 1. The van der Waals surface area contributed by atoms with Crippen LogP contribution in [0, 0.1) is 0 Å². The van der Waals surface area contributed by atoms with Gasteiger partial charge in [-0.15, -0.1) is 0 Å². The molecule has 1 aromatic carbocycles. The Morgan fingerprint density at radius 2 is 2.32 bits per heavy atom. The predicted octanol–water partition coefficient (Wildman–Crippen LogP) is 1.02. The molecule has 3 rings (SSSR count). The number of hydrogen-bond donors (Lipinski definition) is 2. The highest BCUT2D eigenvalue weighted by Crippen LogP contribution is 2.31. The second-order valence-corrected chi connectivity index (χ2v) is 4.28. The monoisotopic (exact) mass is 262 g/mol. The molecule has 1 atom stereocenters. The molecule has 0 aromatic heterocycles. The van der Waals surface area contributed by atoms with Gasteiger partial charge in [0, 0.05) is 31.7 Å². The van der Waals surface area contributed by atoms with Gasteiger partial charge in [0.05, 0.1) is 4.11 Å². The first-order valence-electron chi connectivity index (χ1n) is 8.17. The summed E-state index contributed by atoms with van der Waals surface area (Å²) in [6, 6.07) is 1.39. The van der Waals surface area contributed by atoms with Crippen LogP contribution in [0.15, 0.2) is 30.5 Å². The molecule has 2 aliphatic rings. The molecule has 0 bridgehead atoms. The minimum Gasteiger partial charge on any atom is -0.398 e. The molecular formula is C14H15N3O2. The maximum absolute atomic E-state index is 12.7. The average Bonchev–Trinajstić information content (AvgIpc) is 2.64. The second-order valence-electron chi connectivity index (χ2n) is 4.28. The molecule has 2 heterocycles. The Hall–Kier alpha value is -2.30. The van der Waals surface area contributed by atoms with E-state index >= 15 is 0 Å². The summed E-state index contributed by atoms with van der Waals surface area (Å²) < 4.78 is 41.2. The van der Waals surface area contributed by atoms with Crippen LogP contribution in [0.1, 0.15) is 35.6 Å². The fourth-order valence-corrected chi connectivity index (χ4v) is 2.03. The van der Waals surface area contributed by atoms with Crippen molar-refractivity contribution in [2.45, 2.75) is 25.3 Å². The minimum absolute atomic E-state index is 0.00172. The predicted molar refractivity (Wildman–Crippen MR) is 71.0 cm³/mol. The quantitative estimate of drug-likeness (QED) is 0.742. The number of hydrogen-bond acceptors (Lipinski definition) is 3. The number of amides is 2. The first-order valence-corrected chi connectivity index (χ1v) is 5.67. The highest BCUT2D eigenvalue weighted by molar-refractivity contribution is 6.02. The number of piperidine rings is 1. The van der Waals surface area contributed by atoms with E-state index in [-0.39, 0.29) is 22.5 Å². The fraction of sp³-hybridized carbons (Fsp3) is 0.286. The molecule has 19 heavy (non-hydrogen) atoms. The van der Waals surface area contributed by atoms with Crippen LogP contribution in [-0.2, 0) is 11.3 Å². The van der Waals surface area contributed by atoms with Crippen LogP contribution >= 0.6 is 0 Å². The van der Waals surface area contributed by atoms with Crippen molar-refractivity contribution in [3.63, 3.8) is 0 Å². The van der Waals surface area contributed by atoms with E-state index in [1.54, 1.807) is 0 Å². The molecule has 2 aliphatic heterocycles. The van der Waals surface area contributed by atoms with E-state index in [2.05, 4.69) is 11.9 Å². The van der Waals surface area contributed by atoms with Gasteiger partial charge in [0.25, 0.3) is 5.91 Å². The summed E-state index contributed by atoms with van der Waals surface area (Å²) in [5.74, 6) is -2.10. The summed E-state index contributed by atoms with van der Waals surface area (Å²) >= 11 is 0. The zero-order valence-corrected chi connectivity index (χ0v) is 9.99. The van der Waals surface area contributed by atoms with Gasteiger partial charge in [-0.3, -0.25) is 9.59 Å². The van der Waals surface area contributed by atoms with E-state index in [0.29, 0.717) is 4.90 Å². The van der Waals surface area contributed by atoms with Crippen LogP contribution < -0.4 is 11.1 Å². The van der Waals surface area contributed by atoms with Crippen molar-refractivity contribution in [2.24, 2.45) is 0 Å². The Kier molecular flexibility index (Phi) is 1.59. The van der Waals surface area contributed by atoms with Gasteiger partial charge in [0.15, 0.2) is 0 Å². The van der Waals surface area contributed by atoms with Crippen LogP contribution in [0.2, 0.25) is 0 Å². The fourth-order valence-electron chi connectivity index (χ4n) is 2.03. The van der Waals surface area contributed by atoms with Gasteiger partial charge >= 0.3 is 0 Å². The number of allylic oxidation sites excluding steroid dienone is 1. The Labute approximate surface area is 118 Å². The number of nitrogens with one attached hydrogen (secondary N) is 1. The van der Waals surface area contributed by atoms with Crippen molar-refractivity contribution in [1.82, 2.24) is 10.2 Å². The first-order chi connectivity index (χ1) is 10.9. The molecule has 0 saturated carbocycles. The molecule has 2 amide bonds. The molecule has 0 unspecified atom stereocenters. The van der Waals surface area contributed by atoms with E-state index in [1.807, 2.05) is 0 Å². The molecular weight excluding hydrogens is 242 g/mol. The molecule has 3 N–H and O–H groups in total. The lowest BCUT2D eigenvalue weighted by Crippen LogP contribution is -2.49. The van der Waals surface area contributed by atoms with Crippen molar-refractivity contribution in [3.05, 3.63) is 41.6 Å². The highest BCUT2D eigenvalue weighted by Gasteiger charge is 2.38. The third kappa shape index (κ3) is 1.78. The summed E-state index contributed by atoms with van der Waals surface area (Å²) in [7, 11) is 0. The number of anilines is 1. The van der Waals surface area contributed by atoms with Crippen LogP contribution in [0.25, 0.3) is 0 Å². The molecule has 5 heteroatoms. The summed E-state index contributed by atoms with van der Waals surface area (Å²) in [4.78, 5) is 25.5. The Morgan fingerprint density at radius 3 is 3.00 bits per heavy atom. The number of nitrogens with zero attached hydrogens (tertiary/aromatic N) is 1. The Morgan fingerprint density at radius 1 is 1.53 bits per heavy atom. The van der Waals surface area contributed by atoms with Gasteiger partial charge < -0.3 is 16.0 Å². The van der Waals surface area contributed by atoms with Crippen LogP contribution in [-0.4, -0.2) is 22.7 Å². The Bertz CT molecular complexity index is 795. The van der Waals surface area contributed by atoms with Crippen LogP contribution in [0.4, 0.5) is 5.69 Å².